The molecular weight excluding hydrogens is 288 g/mol. The molecule has 0 bridgehead atoms. The lowest BCUT2D eigenvalue weighted by molar-refractivity contribution is 0.133. The molecule has 0 aromatic carbocycles. The van der Waals surface area contributed by atoms with Gasteiger partial charge < -0.3 is 0 Å². The average Bonchev–Trinajstić information content (AvgIpc) is 2.71. The van der Waals surface area contributed by atoms with Crippen LogP contribution in [0.4, 0.5) is 0 Å². The van der Waals surface area contributed by atoms with Gasteiger partial charge in [0.1, 0.15) is 0 Å². The van der Waals surface area contributed by atoms with Crippen LogP contribution in [0.5, 0.6) is 0 Å². The van der Waals surface area contributed by atoms with Gasteiger partial charge in [0.15, 0.2) is 0 Å². The van der Waals surface area contributed by atoms with Crippen molar-refractivity contribution in [3.05, 3.63) is 17.5 Å². The quantitative estimate of drug-likeness (QED) is 0.851. The molecular formula is C14H26N4O2S. The Kier molecular flexibility index (Phi) is 5.40. The highest BCUT2D eigenvalue weighted by Crippen LogP contribution is 2.22. The molecule has 0 amide bonds. The van der Waals surface area contributed by atoms with Gasteiger partial charge in [-0.05, 0) is 32.7 Å². The summed E-state index contributed by atoms with van der Waals surface area (Å²) in [5.74, 6) is 0. The molecule has 1 aliphatic heterocycles. The van der Waals surface area contributed by atoms with Crippen LogP contribution in [-0.2, 0) is 23.6 Å². The number of hydrogen-bond acceptors (Lipinski definition) is 4. The van der Waals surface area contributed by atoms with Crippen LogP contribution in [-0.4, -0.2) is 48.5 Å². The van der Waals surface area contributed by atoms with Gasteiger partial charge in [-0.2, -0.15) is 5.10 Å². The van der Waals surface area contributed by atoms with E-state index in [0.717, 1.165) is 25.9 Å². The van der Waals surface area contributed by atoms with Crippen LogP contribution in [0.2, 0.25) is 0 Å². The standard InChI is InChI=1S/C14H26N4O2S/c1-12-13(10-15-17(12)2)11-18-9-5-4-6-14(18)7-8-16-21(3,19)20/h10,14,16H,4-9,11H2,1-3H3/t14-/m1/s1. The summed E-state index contributed by atoms with van der Waals surface area (Å²) in [4.78, 5) is 2.47. The van der Waals surface area contributed by atoms with Gasteiger partial charge in [-0.25, -0.2) is 13.1 Å². The van der Waals surface area contributed by atoms with Crippen LogP contribution in [0.3, 0.4) is 0 Å². The summed E-state index contributed by atoms with van der Waals surface area (Å²) in [6.45, 7) is 4.60. The Bertz CT molecular complexity index is 568. The molecule has 6 nitrogen and oxygen atoms in total. The van der Waals surface area contributed by atoms with Gasteiger partial charge in [-0.3, -0.25) is 9.58 Å². The average molecular weight is 314 g/mol. The van der Waals surface area contributed by atoms with Gasteiger partial charge in [0.25, 0.3) is 0 Å². The van der Waals surface area contributed by atoms with Gasteiger partial charge >= 0.3 is 0 Å². The number of sulfonamides is 1. The second-order valence-electron chi connectivity index (χ2n) is 5.95. The predicted octanol–water partition coefficient (Wildman–Crippen LogP) is 1.02. The SMILES string of the molecule is Cc1c(CN2CCCC[C@@H]2CCNS(C)(=O)=O)cnn1C. The van der Waals surface area contributed by atoms with Crippen LogP contribution < -0.4 is 4.72 Å². The highest BCUT2D eigenvalue weighted by molar-refractivity contribution is 7.88. The highest BCUT2D eigenvalue weighted by atomic mass is 32.2. The molecule has 0 aliphatic carbocycles. The lowest BCUT2D eigenvalue weighted by atomic mass is 9.98. The molecule has 1 aromatic rings. The number of piperidine rings is 1. The summed E-state index contributed by atoms with van der Waals surface area (Å²) < 4.78 is 26.8. The Hall–Kier alpha value is -0.920. The number of aromatic nitrogens is 2. The molecule has 1 aliphatic rings. The monoisotopic (exact) mass is 314 g/mol. The predicted molar refractivity (Wildman–Crippen MR) is 83.5 cm³/mol. The Morgan fingerprint density at radius 2 is 2.19 bits per heavy atom. The van der Waals surface area contributed by atoms with Crippen molar-refractivity contribution in [1.82, 2.24) is 19.4 Å². The van der Waals surface area contributed by atoms with Crippen molar-refractivity contribution in [3.63, 3.8) is 0 Å². The minimum Gasteiger partial charge on any atom is -0.296 e. The summed E-state index contributed by atoms with van der Waals surface area (Å²) in [6.07, 6.45) is 7.61. The molecule has 120 valence electrons. The number of nitrogens with zero attached hydrogens (tertiary/aromatic N) is 3. The van der Waals surface area contributed by atoms with E-state index in [1.54, 1.807) is 0 Å². The van der Waals surface area contributed by atoms with Crippen molar-refractivity contribution >= 4 is 10.0 Å². The molecule has 1 N–H and O–H groups in total. The summed E-state index contributed by atoms with van der Waals surface area (Å²) in [5, 5.41) is 4.30. The third-order valence-electron chi connectivity index (χ3n) is 4.30. The maximum absolute atomic E-state index is 11.2. The topological polar surface area (TPSA) is 67.2 Å². The first-order valence-corrected chi connectivity index (χ1v) is 9.42. The number of hydrogen-bond donors (Lipinski definition) is 1. The van der Waals surface area contributed by atoms with Crippen molar-refractivity contribution in [1.29, 1.82) is 0 Å². The maximum Gasteiger partial charge on any atom is 0.208 e. The summed E-state index contributed by atoms with van der Waals surface area (Å²) in [6, 6.07) is 0.451. The lowest BCUT2D eigenvalue weighted by Gasteiger charge is -2.35. The third kappa shape index (κ3) is 4.79. The smallest absolute Gasteiger partial charge is 0.208 e. The number of nitrogens with one attached hydrogen (secondary N) is 1. The largest absolute Gasteiger partial charge is 0.296 e. The van der Waals surface area contributed by atoms with E-state index >= 15 is 0 Å². The van der Waals surface area contributed by atoms with Crippen molar-refractivity contribution < 1.29 is 8.42 Å². The number of aryl methyl sites for hydroxylation is 1. The Morgan fingerprint density at radius 3 is 2.81 bits per heavy atom. The second kappa shape index (κ2) is 6.89. The fourth-order valence-electron chi connectivity index (χ4n) is 2.92. The Labute approximate surface area is 127 Å². The van der Waals surface area contributed by atoms with E-state index < -0.39 is 10.0 Å². The van der Waals surface area contributed by atoms with E-state index in [9.17, 15) is 8.42 Å². The normalized spacial score (nSPS) is 20.8. The van der Waals surface area contributed by atoms with Crippen LogP contribution >= 0.6 is 0 Å². The van der Waals surface area contributed by atoms with Crippen molar-refractivity contribution in [3.8, 4) is 0 Å². The Balaban J connectivity index is 1.94. The van der Waals surface area contributed by atoms with E-state index in [2.05, 4.69) is 21.6 Å². The van der Waals surface area contributed by atoms with E-state index in [1.807, 2.05) is 17.9 Å². The summed E-state index contributed by atoms with van der Waals surface area (Å²) in [7, 11) is -1.13. The number of rotatable bonds is 6. The van der Waals surface area contributed by atoms with Gasteiger partial charge in [0, 0.05) is 37.4 Å². The number of likely N-dealkylation sites (tertiary alicyclic amines) is 1. The zero-order chi connectivity index (χ0) is 15.5. The van der Waals surface area contributed by atoms with Crippen molar-refractivity contribution in [2.24, 2.45) is 7.05 Å². The first kappa shape index (κ1) is 16.5. The molecule has 1 atom stereocenters. The fraction of sp³-hybridized carbons (Fsp3) is 0.786. The fourth-order valence-corrected chi connectivity index (χ4v) is 3.41. The maximum atomic E-state index is 11.2. The first-order chi connectivity index (χ1) is 9.87. The molecule has 2 rings (SSSR count). The Morgan fingerprint density at radius 1 is 1.43 bits per heavy atom. The van der Waals surface area contributed by atoms with E-state index in [0.29, 0.717) is 12.6 Å². The van der Waals surface area contributed by atoms with Gasteiger partial charge in [-0.1, -0.05) is 6.42 Å². The zero-order valence-corrected chi connectivity index (χ0v) is 14.0. The molecule has 21 heavy (non-hydrogen) atoms. The highest BCUT2D eigenvalue weighted by Gasteiger charge is 2.23. The summed E-state index contributed by atoms with van der Waals surface area (Å²) in [5.41, 5.74) is 2.47. The van der Waals surface area contributed by atoms with Gasteiger partial charge in [-0.15, -0.1) is 0 Å². The van der Waals surface area contributed by atoms with Crippen LogP contribution in [0.25, 0.3) is 0 Å². The molecule has 1 saturated heterocycles. The van der Waals surface area contributed by atoms with Crippen LogP contribution in [0.15, 0.2) is 6.20 Å². The zero-order valence-electron chi connectivity index (χ0n) is 13.2. The summed E-state index contributed by atoms with van der Waals surface area (Å²) >= 11 is 0. The molecule has 0 spiro atoms. The van der Waals surface area contributed by atoms with Crippen molar-refractivity contribution in [2.45, 2.75) is 45.2 Å². The minimum absolute atomic E-state index is 0.451. The van der Waals surface area contributed by atoms with E-state index in [4.69, 9.17) is 0 Å². The molecule has 1 aromatic heterocycles. The molecule has 0 radical (unpaired) electrons. The molecule has 7 heteroatoms. The second-order valence-corrected chi connectivity index (χ2v) is 7.79. The van der Waals surface area contributed by atoms with E-state index in [1.165, 1.54) is 30.4 Å². The molecule has 2 heterocycles. The molecule has 0 saturated carbocycles. The lowest BCUT2D eigenvalue weighted by Crippen LogP contribution is -2.41. The van der Waals surface area contributed by atoms with Gasteiger partial charge in [0.05, 0.1) is 12.5 Å². The van der Waals surface area contributed by atoms with Crippen LogP contribution in [0.1, 0.15) is 36.9 Å². The van der Waals surface area contributed by atoms with E-state index in [-0.39, 0.29) is 0 Å². The van der Waals surface area contributed by atoms with Gasteiger partial charge in [0.2, 0.25) is 10.0 Å². The minimum atomic E-state index is -3.09. The van der Waals surface area contributed by atoms with Crippen LogP contribution in [0, 0.1) is 6.92 Å². The first-order valence-electron chi connectivity index (χ1n) is 7.53. The molecule has 1 fully saturated rings. The third-order valence-corrected chi connectivity index (χ3v) is 5.03. The van der Waals surface area contributed by atoms with Crippen molar-refractivity contribution in [2.75, 3.05) is 19.3 Å². The molecule has 0 unspecified atom stereocenters.